The number of carbonyl (C=O) groups excluding carboxylic acids is 1. The van der Waals surface area contributed by atoms with Crippen LogP contribution in [-0.4, -0.2) is 67.1 Å². The lowest BCUT2D eigenvalue weighted by molar-refractivity contribution is -0.380. The molecule has 11 heteroatoms. The minimum atomic E-state index is -0.484. The summed E-state index contributed by atoms with van der Waals surface area (Å²) in [4.78, 5) is 32.1. The topological polar surface area (TPSA) is 101 Å². The van der Waals surface area contributed by atoms with Gasteiger partial charge < -0.3 is 15.0 Å². The van der Waals surface area contributed by atoms with Crippen molar-refractivity contribution >= 4 is 48.9 Å². The first kappa shape index (κ1) is 20.5. The fourth-order valence-electron chi connectivity index (χ4n) is 3.34. The number of benzene rings is 1. The van der Waals surface area contributed by atoms with Gasteiger partial charge in [-0.25, -0.2) is 4.98 Å². The van der Waals surface area contributed by atoms with Crippen molar-refractivity contribution in [2.24, 2.45) is 0 Å². The molecule has 2 aromatic heterocycles. The number of carbonyl (C=O) groups is 1. The average molecular weight is 448 g/mol. The van der Waals surface area contributed by atoms with E-state index in [0.717, 1.165) is 65.2 Å². The molecule has 3 heterocycles. The molecule has 0 unspecified atom stereocenters. The molecule has 1 aliphatic rings. The summed E-state index contributed by atoms with van der Waals surface area (Å²) in [5.74, 6) is 0.524. The normalized spacial score (nSPS) is 14.8. The summed E-state index contributed by atoms with van der Waals surface area (Å²) in [6.07, 6.45) is 0. The van der Waals surface area contributed by atoms with Gasteiger partial charge in [0.1, 0.15) is 11.3 Å². The third kappa shape index (κ3) is 4.37. The first-order chi connectivity index (χ1) is 14.5. The van der Waals surface area contributed by atoms with Crippen molar-refractivity contribution < 1.29 is 14.5 Å². The van der Waals surface area contributed by atoms with Crippen molar-refractivity contribution in [1.29, 1.82) is 0 Å². The Hall–Kier alpha value is -2.76. The molecule has 0 saturated carbocycles. The Kier molecular flexibility index (Phi) is 6.11. The number of thiazole rings is 1. The molecule has 1 saturated heterocycles. The van der Waals surface area contributed by atoms with Gasteiger partial charge in [0.2, 0.25) is 0 Å². The maximum atomic E-state index is 12.1. The Bertz CT molecular complexity index is 1060. The van der Waals surface area contributed by atoms with Crippen LogP contribution in [0.15, 0.2) is 30.3 Å². The molecule has 0 spiro atoms. The molecule has 1 N–H and O–H groups in total. The first-order valence-corrected chi connectivity index (χ1v) is 11.1. The zero-order valence-electron chi connectivity index (χ0n) is 16.4. The number of thiophene rings is 1. The van der Waals surface area contributed by atoms with Crippen LogP contribution >= 0.6 is 22.7 Å². The van der Waals surface area contributed by atoms with Crippen LogP contribution in [0.25, 0.3) is 10.2 Å². The van der Waals surface area contributed by atoms with E-state index in [0.29, 0.717) is 11.4 Å². The van der Waals surface area contributed by atoms with Crippen molar-refractivity contribution in [3.05, 3.63) is 45.3 Å². The van der Waals surface area contributed by atoms with E-state index in [-0.39, 0.29) is 10.9 Å². The van der Waals surface area contributed by atoms with Gasteiger partial charge in [0.05, 0.1) is 21.6 Å². The van der Waals surface area contributed by atoms with Crippen molar-refractivity contribution in [2.75, 3.05) is 51.3 Å². The molecule has 1 aliphatic heterocycles. The predicted molar refractivity (Wildman–Crippen MR) is 118 cm³/mol. The smallest absolute Gasteiger partial charge is 0.324 e. The monoisotopic (exact) mass is 447 g/mol. The van der Waals surface area contributed by atoms with Gasteiger partial charge in [-0.05, 0) is 18.2 Å². The van der Waals surface area contributed by atoms with Gasteiger partial charge in [0, 0.05) is 45.3 Å². The average Bonchev–Trinajstić information content (AvgIpc) is 3.41. The lowest BCUT2D eigenvalue weighted by atomic mass is 10.3. The fraction of sp³-hybridized carbons (Fsp3) is 0.368. The number of rotatable bonds is 7. The Labute approximate surface area is 181 Å². The third-order valence-electron chi connectivity index (χ3n) is 4.94. The number of anilines is 1. The molecule has 4 rings (SSSR count). The number of aromatic nitrogens is 1. The van der Waals surface area contributed by atoms with Gasteiger partial charge in [0.25, 0.3) is 5.91 Å². The van der Waals surface area contributed by atoms with Crippen LogP contribution in [0.4, 0.5) is 10.1 Å². The molecule has 30 heavy (non-hydrogen) atoms. The van der Waals surface area contributed by atoms with Crippen molar-refractivity contribution in [3.8, 4) is 5.75 Å². The second kappa shape index (κ2) is 8.94. The van der Waals surface area contributed by atoms with Gasteiger partial charge in [-0.15, -0.1) is 0 Å². The molecule has 1 aromatic carbocycles. The van der Waals surface area contributed by atoms with E-state index in [2.05, 4.69) is 21.2 Å². The number of hydrogen-bond acceptors (Lipinski definition) is 9. The number of amides is 1. The van der Waals surface area contributed by atoms with Crippen LogP contribution in [0.2, 0.25) is 0 Å². The van der Waals surface area contributed by atoms with E-state index < -0.39 is 4.92 Å². The molecule has 3 aromatic rings. The Balaban J connectivity index is 1.26. The summed E-state index contributed by atoms with van der Waals surface area (Å²) in [5.41, 5.74) is 0.902. The number of nitrogens with one attached hydrogen (secondary N) is 1. The lowest BCUT2D eigenvalue weighted by Gasteiger charge is -2.34. The second-order valence-corrected chi connectivity index (χ2v) is 8.85. The van der Waals surface area contributed by atoms with E-state index in [1.807, 2.05) is 12.1 Å². The Morgan fingerprint density at radius 1 is 1.23 bits per heavy atom. The minimum absolute atomic E-state index is 0.0243. The number of hydrogen-bond donors (Lipinski definition) is 1. The van der Waals surface area contributed by atoms with E-state index in [1.165, 1.54) is 12.1 Å². The van der Waals surface area contributed by atoms with Gasteiger partial charge in [0.15, 0.2) is 5.13 Å². The minimum Gasteiger partial charge on any atom is -0.494 e. The quantitative estimate of drug-likeness (QED) is 0.439. The van der Waals surface area contributed by atoms with Gasteiger partial charge in [-0.3, -0.25) is 19.8 Å². The highest BCUT2D eigenvalue weighted by atomic mass is 32.1. The summed E-state index contributed by atoms with van der Waals surface area (Å²) in [5, 5.41) is 14.6. The number of nitrogens with zero attached hydrogens (tertiary/aromatic N) is 4. The van der Waals surface area contributed by atoms with Crippen LogP contribution in [0.3, 0.4) is 0 Å². The number of ether oxygens (including phenoxy) is 1. The highest BCUT2D eigenvalue weighted by Gasteiger charge is 2.21. The van der Waals surface area contributed by atoms with Crippen LogP contribution in [0.1, 0.15) is 9.67 Å². The van der Waals surface area contributed by atoms with E-state index in [1.54, 1.807) is 18.4 Å². The van der Waals surface area contributed by atoms with Gasteiger partial charge >= 0.3 is 5.00 Å². The molecule has 9 nitrogen and oxygen atoms in total. The van der Waals surface area contributed by atoms with Crippen molar-refractivity contribution in [3.63, 3.8) is 0 Å². The fourth-order valence-corrected chi connectivity index (χ4v) is 5.11. The highest BCUT2D eigenvalue weighted by molar-refractivity contribution is 7.22. The zero-order chi connectivity index (χ0) is 21.1. The van der Waals surface area contributed by atoms with Crippen LogP contribution in [-0.2, 0) is 0 Å². The number of fused-ring (bicyclic) bond motifs is 1. The highest BCUT2D eigenvalue weighted by Crippen LogP contribution is 2.34. The van der Waals surface area contributed by atoms with E-state index in [9.17, 15) is 14.9 Å². The second-order valence-electron chi connectivity index (χ2n) is 6.78. The third-order valence-corrected chi connectivity index (χ3v) is 7.06. The molecule has 158 valence electrons. The molecule has 0 aliphatic carbocycles. The van der Waals surface area contributed by atoms with Crippen LogP contribution in [0.5, 0.6) is 5.75 Å². The standard InChI is InChI=1S/C19H21N5O4S2/c1-28-13-3-2-4-14-17(13)21-19(30-14)23-11-9-22(10-12-23)8-7-20-18(25)15-5-6-16(29-15)24(26)27/h2-6H,7-12H2,1H3,(H,20,25). The number of nitro groups is 1. The summed E-state index contributed by atoms with van der Waals surface area (Å²) in [6, 6.07) is 8.80. The molecule has 0 radical (unpaired) electrons. The lowest BCUT2D eigenvalue weighted by Crippen LogP contribution is -2.48. The zero-order valence-corrected chi connectivity index (χ0v) is 18.0. The van der Waals surface area contributed by atoms with E-state index >= 15 is 0 Å². The molecule has 1 fully saturated rings. The molecule has 0 bridgehead atoms. The maximum Gasteiger partial charge on any atom is 0.324 e. The molecular weight excluding hydrogens is 426 g/mol. The Morgan fingerprint density at radius 3 is 2.73 bits per heavy atom. The van der Waals surface area contributed by atoms with E-state index in [4.69, 9.17) is 9.72 Å². The van der Waals surface area contributed by atoms with Crippen molar-refractivity contribution in [1.82, 2.24) is 15.2 Å². The molecular formula is C19H21N5O4S2. The largest absolute Gasteiger partial charge is 0.494 e. The van der Waals surface area contributed by atoms with Gasteiger partial charge in [-0.1, -0.05) is 28.7 Å². The number of methoxy groups -OCH3 is 1. The van der Waals surface area contributed by atoms with Crippen LogP contribution in [0, 0.1) is 10.1 Å². The van der Waals surface area contributed by atoms with Crippen LogP contribution < -0.4 is 15.0 Å². The maximum absolute atomic E-state index is 12.1. The number of piperazine rings is 1. The SMILES string of the molecule is COc1cccc2sc(N3CCN(CCNC(=O)c4ccc([N+](=O)[O-])s4)CC3)nc12. The molecule has 1 amide bonds. The van der Waals surface area contributed by atoms with Crippen molar-refractivity contribution in [2.45, 2.75) is 0 Å². The molecule has 0 atom stereocenters. The Morgan fingerprint density at radius 2 is 2.03 bits per heavy atom. The summed E-state index contributed by atoms with van der Waals surface area (Å²) >= 11 is 2.56. The summed E-state index contributed by atoms with van der Waals surface area (Å²) < 4.78 is 6.52. The predicted octanol–water partition coefficient (Wildman–Crippen LogP) is 2.83. The summed E-state index contributed by atoms with van der Waals surface area (Å²) in [6.45, 7) is 4.74. The number of para-hydroxylation sites is 1. The first-order valence-electron chi connectivity index (χ1n) is 9.48. The van der Waals surface area contributed by atoms with Gasteiger partial charge in [-0.2, -0.15) is 0 Å². The summed E-state index contributed by atoms with van der Waals surface area (Å²) in [7, 11) is 1.66.